The molecule has 0 aromatic rings. The van der Waals surface area contributed by atoms with Crippen molar-refractivity contribution in [2.45, 2.75) is 24.8 Å². The van der Waals surface area contributed by atoms with Gasteiger partial charge in [-0.1, -0.05) is 0 Å². The molecular formula is C6H14N2. The Hall–Kier alpha value is -0.0800. The molecule has 0 aromatic heterocycles. The Morgan fingerprint density at radius 2 is 2.25 bits per heavy atom. The average Bonchev–Trinajstić information content (AvgIpc) is 1.64. The second-order valence-corrected chi connectivity index (χ2v) is 2.75. The number of likely N-dealkylation sites (N-methyl/N-ethyl adjacent to an activating group) is 1. The highest BCUT2D eigenvalue weighted by atomic mass is 14.9. The standard InChI is InChI=1S/C6H14N2/c1-8-5-6(7)3-2-4-6/h8H,2-5,7H2,1H3. The highest BCUT2D eigenvalue weighted by Crippen LogP contribution is 2.27. The molecule has 1 aliphatic carbocycles. The van der Waals surface area contributed by atoms with Gasteiger partial charge >= 0.3 is 0 Å². The molecule has 1 fully saturated rings. The summed E-state index contributed by atoms with van der Waals surface area (Å²) in [5.41, 5.74) is 6.01. The number of hydrogen-bond acceptors (Lipinski definition) is 2. The Morgan fingerprint density at radius 3 is 2.38 bits per heavy atom. The third-order valence-electron chi connectivity index (χ3n) is 1.88. The SMILES string of the molecule is CNCC1(N)CCC1. The van der Waals surface area contributed by atoms with Crippen molar-refractivity contribution < 1.29 is 0 Å². The summed E-state index contributed by atoms with van der Waals surface area (Å²) in [6.07, 6.45) is 3.72. The molecule has 48 valence electrons. The minimum Gasteiger partial charge on any atom is -0.324 e. The molecule has 2 heteroatoms. The molecule has 1 saturated carbocycles. The zero-order valence-corrected chi connectivity index (χ0v) is 5.41. The van der Waals surface area contributed by atoms with Gasteiger partial charge in [0.2, 0.25) is 0 Å². The van der Waals surface area contributed by atoms with E-state index in [4.69, 9.17) is 5.73 Å². The summed E-state index contributed by atoms with van der Waals surface area (Å²) in [7, 11) is 1.95. The summed E-state index contributed by atoms with van der Waals surface area (Å²) in [5.74, 6) is 0. The van der Waals surface area contributed by atoms with Gasteiger partial charge < -0.3 is 11.1 Å². The minimum atomic E-state index is 0.161. The van der Waals surface area contributed by atoms with Crippen molar-refractivity contribution in [2.75, 3.05) is 13.6 Å². The number of rotatable bonds is 2. The topological polar surface area (TPSA) is 38.0 Å². The second-order valence-electron chi connectivity index (χ2n) is 2.75. The van der Waals surface area contributed by atoms with E-state index in [0.717, 1.165) is 6.54 Å². The first kappa shape index (κ1) is 6.05. The molecule has 0 unspecified atom stereocenters. The van der Waals surface area contributed by atoms with Crippen molar-refractivity contribution in [2.24, 2.45) is 5.73 Å². The van der Waals surface area contributed by atoms with E-state index in [9.17, 15) is 0 Å². The van der Waals surface area contributed by atoms with E-state index in [2.05, 4.69) is 5.32 Å². The largest absolute Gasteiger partial charge is 0.324 e. The molecule has 0 saturated heterocycles. The summed E-state index contributed by atoms with van der Waals surface area (Å²) in [6, 6.07) is 0. The first-order valence-corrected chi connectivity index (χ1v) is 3.20. The van der Waals surface area contributed by atoms with E-state index in [1.165, 1.54) is 19.3 Å². The van der Waals surface area contributed by atoms with E-state index in [1.807, 2.05) is 7.05 Å². The molecule has 0 aliphatic heterocycles. The molecule has 8 heavy (non-hydrogen) atoms. The second kappa shape index (κ2) is 2.03. The van der Waals surface area contributed by atoms with Gasteiger partial charge in [0.1, 0.15) is 0 Å². The molecule has 0 radical (unpaired) electrons. The van der Waals surface area contributed by atoms with Gasteiger partial charge in [-0.3, -0.25) is 0 Å². The molecule has 0 amide bonds. The first-order valence-electron chi connectivity index (χ1n) is 3.20. The zero-order valence-electron chi connectivity index (χ0n) is 5.41. The zero-order chi connectivity index (χ0) is 6.04. The molecular weight excluding hydrogens is 100 g/mol. The van der Waals surface area contributed by atoms with Gasteiger partial charge in [0.05, 0.1) is 0 Å². The van der Waals surface area contributed by atoms with Crippen LogP contribution >= 0.6 is 0 Å². The normalized spacial score (nSPS) is 24.8. The van der Waals surface area contributed by atoms with Gasteiger partial charge in [0.25, 0.3) is 0 Å². The lowest BCUT2D eigenvalue weighted by atomic mass is 9.78. The minimum absolute atomic E-state index is 0.161. The van der Waals surface area contributed by atoms with E-state index in [1.54, 1.807) is 0 Å². The van der Waals surface area contributed by atoms with E-state index in [-0.39, 0.29) is 5.54 Å². The molecule has 3 N–H and O–H groups in total. The summed E-state index contributed by atoms with van der Waals surface area (Å²) in [5, 5.41) is 3.09. The van der Waals surface area contributed by atoms with Gasteiger partial charge in [0.15, 0.2) is 0 Å². The van der Waals surface area contributed by atoms with Crippen LogP contribution in [-0.4, -0.2) is 19.1 Å². The summed E-state index contributed by atoms with van der Waals surface area (Å²) >= 11 is 0. The highest BCUT2D eigenvalue weighted by molar-refractivity contribution is 4.93. The molecule has 0 aromatic carbocycles. The predicted octanol–water partition coefficient (Wildman–Crippen LogP) is 0.0872. The van der Waals surface area contributed by atoms with Crippen LogP contribution in [0.15, 0.2) is 0 Å². The molecule has 0 heterocycles. The molecule has 0 atom stereocenters. The Bertz CT molecular complexity index is 76.6. The molecule has 0 bridgehead atoms. The van der Waals surface area contributed by atoms with Crippen molar-refractivity contribution in [1.82, 2.24) is 5.32 Å². The van der Waals surface area contributed by atoms with E-state index >= 15 is 0 Å². The van der Waals surface area contributed by atoms with Crippen LogP contribution in [0.4, 0.5) is 0 Å². The summed E-state index contributed by atoms with van der Waals surface area (Å²) in [6.45, 7) is 0.979. The Kier molecular flexibility index (Phi) is 1.54. The highest BCUT2D eigenvalue weighted by Gasteiger charge is 2.30. The Morgan fingerprint density at radius 1 is 1.62 bits per heavy atom. The lowest BCUT2D eigenvalue weighted by molar-refractivity contribution is 0.244. The Labute approximate surface area is 50.4 Å². The van der Waals surface area contributed by atoms with Gasteiger partial charge in [0, 0.05) is 12.1 Å². The Balaban J connectivity index is 2.20. The van der Waals surface area contributed by atoms with Crippen molar-refractivity contribution >= 4 is 0 Å². The number of nitrogens with one attached hydrogen (secondary N) is 1. The predicted molar refractivity (Wildman–Crippen MR) is 34.7 cm³/mol. The number of nitrogens with two attached hydrogens (primary N) is 1. The quantitative estimate of drug-likeness (QED) is 0.534. The van der Waals surface area contributed by atoms with Crippen molar-refractivity contribution in [3.05, 3.63) is 0 Å². The van der Waals surface area contributed by atoms with Crippen LogP contribution in [-0.2, 0) is 0 Å². The van der Waals surface area contributed by atoms with E-state index in [0.29, 0.717) is 0 Å². The molecule has 1 aliphatic rings. The summed E-state index contributed by atoms with van der Waals surface area (Å²) < 4.78 is 0. The van der Waals surface area contributed by atoms with Crippen molar-refractivity contribution in [3.8, 4) is 0 Å². The first-order chi connectivity index (χ1) is 3.77. The van der Waals surface area contributed by atoms with Gasteiger partial charge in [-0.15, -0.1) is 0 Å². The van der Waals surface area contributed by atoms with Crippen molar-refractivity contribution in [1.29, 1.82) is 0 Å². The number of hydrogen-bond donors (Lipinski definition) is 2. The fourth-order valence-electron chi connectivity index (χ4n) is 1.16. The van der Waals surface area contributed by atoms with Crippen molar-refractivity contribution in [3.63, 3.8) is 0 Å². The fourth-order valence-corrected chi connectivity index (χ4v) is 1.16. The smallest absolute Gasteiger partial charge is 0.0280 e. The van der Waals surface area contributed by atoms with Crippen LogP contribution < -0.4 is 11.1 Å². The monoisotopic (exact) mass is 114 g/mol. The fraction of sp³-hybridized carbons (Fsp3) is 1.00. The van der Waals surface area contributed by atoms with Crippen LogP contribution in [0, 0.1) is 0 Å². The maximum absolute atomic E-state index is 5.85. The third kappa shape index (κ3) is 1.01. The molecule has 2 nitrogen and oxygen atoms in total. The maximum Gasteiger partial charge on any atom is 0.0280 e. The van der Waals surface area contributed by atoms with E-state index < -0.39 is 0 Å². The van der Waals surface area contributed by atoms with Gasteiger partial charge in [-0.25, -0.2) is 0 Å². The van der Waals surface area contributed by atoms with Crippen LogP contribution in [0.1, 0.15) is 19.3 Å². The van der Waals surface area contributed by atoms with Gasteiger partial charge in [-0.2, -0.15) is 0 Å². The lowest BCUT2D eigenvalue weighted by Gasteiger charge is -2.37. The van der Waals surface area contributed by atoms with Crippen LogP contribution in [0.2, 0.25) is 0 Å². The van der Waals surface area contributed by atoms with Gasteiger partial charge in [-0.05, 0) is 26.3 Å². The molecule has 1 rings (SSSR count). The summed E-state index contributed by atoms with van der Waals surface area (Å²) in [4.78, 5) is 0. The molecule has 0 spiro atoms. The van der Waals surface area contributed by atoms with Crippen LogP contribution in [0.25, 0.3) is 0 Å². The lowest BCUT2D eigenvalue weighted by Crippen LogP contribution is -2.53. The van der Waals surface area contributed by atoms with Crippen LogP contribution in [0.3, 0.4) is 0 Å². The van der Waals surface area contributed by atoms with Crippen LogP contribution in [0.5, 0.6) is 0 Å². The average molecular weight is 114 g/mol. The maximum atomic E-state index is 5.85. The third-order valence-corrected chi connectivity index (χ3v) is 1.88.